The molecule has 1 amide bonds. The quantitative estimate of drug-likeness (QED) is 0.190. The minimum Gasteiger partial charge on any atom is -0.488 e. The van der Waals surface area contributed by atoms with Crippen LogP contribution >= 0.6 is 11.3 Å². The summed E-state index contributed by atoms with van der Waals surface area (Å²) < 4.78 is 14.0. The number of aromatic nitrogens is 1. The first-order valence-electron chi connectivity index (χ1n) is 13.3. The number of nitrogens with zero attached hydrogens (tertiary/aromatic N) is 2. The van der Waals surface area contributed by atoms with Crippen molar-refractivity contribution in [2.24, 2.45) is 0 Å². The van der Waals surface area contributed by atoms with Gasteiger partial charge >= 0.3 is 0 Å². The van der Waals surface area contributed by atoms with E-state index in [-0.39, 0.29) is 11.5 Å². The Morgan fingerprint density at radius 3 is 2.39 bits per heavy atom. The van der Waals surface area contributed by atoms with Gasteiger partial charge in [-0.25, -0.2) is 0 Å². The van der Waals surface area contributed by atoms with Gasteiger partial charge in [-0.3, -0.25) is 14.0 Å². The van der Waals surface area contributed by atoms with E-state index in [4.69, 9.17) is 9.47 Å². The van der Waals surface area contributed by atoms with Gasteiger partial charge in [0.05, 0.1) is 28.0 Å². The zero-order valence-electron chi connectivity index (χ0n) is 22.5. The summed E-state index contributed by atoms with van der Waals surface area (Å²) in [4.78, 5) is 30.2. The van der Waals surface area contributed by atoms with E-state index in [1.54, 1.807) is 28.7 Å². The number of benzene rings is 3. The molecule has 7 heteroatoms. The molecule has 0 unspecified atom stereocenters. The lowest BCUT2D eigenvalue weighted by Crippen LogP contribution is -2.35. The second-order valence-corrected chi connectivity index (χ2v) is 10.5. The first kappa shape index (κ1) is 26.5. The highest BCUT2D eigenvalue weighted by Crippen LogP contribution is 2.34. The topological polar surface area (TPSA) is 60.2 Å². The maximum Gasteiger partial charge on any atom is 0.263 e. The number of hydrogen-bond donors (Lipinski definition) is 0. The Morgan fingerprint density at radius 1 is 0.878 bits per heavy atom. The molecular weight excluding hydrogens is 532 g/mol. The molecule has 3 aromatic heterocycles. The van der Waals surface area contributed by atoms with E-state index >= 15 is 0 Å². The average Bonchev–Trinajstić information content (AvgIpc) is 3.51. The number of rotatable bonds is 9. The molecule has 204 valence electrons. The van der Waals surface area contributed by atoms with Crippen LogP contribution < -0.4 is 15.2 Å². The molecule has 6 nitrogen and oxygen atoms in total. The lowest BCUT2D eigenvalue weighted by molar-refractivity contribution is 0.0977. The Bertz CT molecular complexity index is 1880. The Balaban J connectivity index is 1.54. The van der Waals surface area contributed by atoms with Gasteiger partial charge in [0.25, 0.3) is 11.5 Å². The number of amides is 1. The summed E-state index contributed by atoms with van der Waals surface area (Å²) in [7, 11) is 1.62. The number of methoxy groups -OCH3 is 1. The van der Waals surface area contributed by atoms with Gasteiger partial charge in [0.1, 0.15) is 12.4 Å². The van der Waals surface area contributed by atoms with Gasteiger partial charge in [-0.05, 0) is 52.7 Å². The van der Waals surface area contributed by atoms with Crippen molar-refractivity contribution in [1.82, 2.24) is 4.40 Å². The number of carbonyl (C=O) groups is 1. The van der Waals surface area contributed by atoms with Crippen LogP contribution in [0, 0.1) is 0 Å². The van der Waals surface area contributed by atoms with Crippen LogP contribution in [0.15, 0.2) is 119 Å². The third-order valence-corrected chi connectivity index (χ3v) is 7.96. The Labute approximate surface area is 241 Å². The second-order valence-electron chi connectivity index (χ2n) is 9.57. The number of fused-ring (bicyclic) bond motifs is 3. The molecule has 0 bridgehead atoms. The summed E-state index contributed by atoms with van der Waals surface area (Å²) in [5, 5.41) is 2.95. The maximum absolute atomic E-state index is 14.4. The van der Waals surface area contributed by atoms with Crippen LogP contribution in [0.4, 0.5) is 5.69 Å². The largest absolute Gasteiger partial charge is 0.488 e. The van der Waals surface area contributed by atoms with Crippen molar-refractivity contribution < 1.29 is 14.3 Å². The van der Waals surface area contributed by atoms with Crippen LogP contribution in [-0.2, 0) is 11.3 Å². The number of thiophene rings is 1. The van der Waals surface area contributed by atoms with Crippen molar-refractivity contribution in [3.05, 3.63) is 136 Å². The first-order chi connectivity index (χ1) is 20.2. The number of hydrogen-bond acceptors (Lipinski definition) is 5. The highest BCUT2D eigenvalue weighted by atomic mass is 32.1. The zero-order chi connectivity index (χ0) is 28.2. The van der Waals surface area contributed by atoms with E-state index < -0.39 is 0 Å². The molecular formula is C34H28N2O4S. The van der Waals surface area contributed by atoms with Gasteiger partial charge in [-0.1, -0.05) is 66.7 Å². The molecule has 0 radical (unpaired) electrons. The average molecular weight is 561 g/mol. The molecule has 0 spiro atoms. The van der Waals surface area contributed by atoms with Gasteiger partial charge in [0, 0.05) is 31.1 Å². The van der Waals surface area contributed by atoms with Crippen molar-refractivity contribution in [2.75, 3.05) is 25.2 Å². The van der Waals surface area contributed by atoms with Crippen LogP contribution in [0.25, 0.3) is 26.7 Å². The third-order valence-electron chi connectivity index (χ3n) is 7.02. The molecule has 41 heavy (non-hydrogen) atoms. The summed E-state index contributed by atoms with van der Waals surface area (Å²) in [5.41, 5.74) is 3.61. The number of anilines is 1. The summed E-state index contributed by atoms with van der Waals surface area (Å²) in [6.45, 7) is 1.08. The molecule has 0 atom stereocenters. The normalized spacial score (nSPS) is 11.1. The van der Waals surface area contributed by atoms with Crippen molar-refractivity contribution in [3.63, 3.8) is 0 Å². The minimum atomic E-state index is -0.217. The summed E-state index contributed by atoms with van der Waals surface area (Å²) >= 11 is 1.51. The number of para-hydroxylation sites is 2. The molecule has 3 heterocycles. The number of carbonyl (C=O) groups excluding carboxylic acids is 1. The van der Waals surface area contributed by atoms with Crippen molar-refractivity contribution in [2.45, 2.75) is 6.61 Å². The zero-order valence-corrected chi connectivity index (χ0v) is 23.3. The minimum absolute atomic E-state index is 0.212. The van der Waals surface area contributed by atoms with Gasteiger partial charge in [0.15, 0.2) is 0 Å². The van der Waals surface area contributed by atoms with Crippen molar-refractivity contribution >= 4 is 38.5 Å². The molecule has 0 saturated carbocycles. The molecule has 6 aromatic rings. The Hall–Kier alpha value is -4.72. The van der Waals surface area contributed by atoms with Crippen molar-refractivity contribution in [3.8, 4) is 16.9 Å². The smallest absolute Gasteiger partial charge is 0.263 e. The predicted molar refractivity (Wildman–Crippen MR) is 165 cm³/mol. The molecule has 0 saturated heterocycles. The van der Waals surface area contributed by atoms with E-state index in [2.05, 4.69) is 0 Å². The molecule has 3 aromatic carbocycles. The van der Waals surface area contributed by atoms with Gasteiger partial charge < -0.3 is 14.4 Å². The lowest BCUT2D eigenvalue weighted by atomic mass is 10.0. The fraction of sp³-hybridized carbons (Fsp3) is 0.118. The van der Waals surface area contributed by atoms with Gasteiger partial charge in [0.2, 0.25) is 0 Å². The summed E-state index contributed by atoms with van der Waals surface area (Å²) in [6, 6.07) is 32.5. The van der Waals surface area contributed by atoms with E-state index in [9.17, 15) is 9.59 Å². The fourth-order valence-electron chi connectivity index (χ4n) is 5.00. The fourth-order valence-corrected chi connectivity index (χ4v) is 5.94. The van der Waals surface area contributed by atoms with Gasteiger partial charge in [-0.15, -0.1) is 11.3 Å². The van der Waals surface area contributed by atoms with E-state index in [1.165, 1.54) is 11.3 Å². The molecule has 0 aliphatic carbocycles. The summed E-state index contributed by atoms with van der Waals surface area (Å²) in [5.74, 6) is 0.360. The third kappa shape index (κ3) is 5.25. The number of pyridine rings is 2. The molecule has 0 N–H and O–H groups in total. The van der Waals surface area contributed by atoms with E-state index in [0.717, 1.165) is 21.3 Å². The predicted octanol–water partition coefficient (Wildman–Crippen LogP) is 7.05. The lowest BCUT2D eigenvalue weighted by Gasteiger charge is -2.24. The Kier molecular flexibility index (Phi) is 7.63. The van der Waals surface area contributed by atoms with Crippen LogP contribution in [0.1, 0.15) is 15.9 Å². The van der Waals surface area contributed by atoms with Crippen LogP contribution in [0.5, 0.6) is 5.75 Å². The highest BCUT2D eigenvalue weighted by molar-refractivity contribution is 7.18. The Morgan fingerprint density at radius 2 is 1.61 bits per heavy atom. The SMILES string of the molecule is COCCN(C(=O)c1cc(-c2ccccc2OCc2ccccc2)c(=O)n2ccc3ccsc3c12)c1ccccc1. The summed E-state index contributed by atoms with van der Waals surface area (Å²) in [6.07, 6.45) is 1.75. The van der Waals surface area contributed by atoms with Gasteiger partial charge in [-0.2, -0.15) is 0 Å². The van der Waals surface area contributed by atoms with Crippen LogP contribution in [0.2, 0.25) is 0 Å². The van der Waals surface area contributed by atoms with Crippen LogP contribution in [-0.4, -0.2) is 30.6 Å². The van der Waals surface area contributed by atoms with E-state index in [0.29, 0.717) is 47.7 Å². The molecule has 0 aliphatic heterocycles. The highest BCUT2D eigenvalue weighted by Gasteiger charge is 2.25. The second kappa shape index (κ2) is 11.8. The molecule has 6 rings (SSSR count). The van der Waals surface area contributed by atoms with Crippen molar-refractivity contribution in [1.29, 1.82) is 0 Å². The standard InChI is InChI=1S/C34H28N2O4S/c1-39-20-19-35(26-12-6-3-7-13-26)34(38)29-22-28(33(37)36-18-16-25-17-21-41-32(25)31(29)36)27-14-8-9-15-30(27)40-23-24-10-4-2-5-11-24/h2-18,21-22H,19-20,23H2,1H3. The monoisotopic (exact) mass is 560 g/mol. The molecule has 0 fully saturated rings. The molecule has 0 aliphatic rings. The van der Waals surface area contributed by atoms with Crippen LogP contribution in [0.3, 0.4) is 0 Å². The van der Waals surface area contributed by atoms with E-state index in [1.807, 2.05) is 102 Å². The maximum atomic E-state index is 14.4. The first-order valence-corrected chi connectivity index (χ1v) is 14.2. The number of ether oxygens (including phenoxy) is 2.